The van der Waals surface area contributed by atoms with Gasteiger partial charge in [0.05, 0.1) is 5.56 Å². The van der Waals surface area contributed by atoms with Crippen molar-refractivity contribution in [2.75, 3.05) is 5.32 Å². The number of hydrogen-bond acceptors (Lipinski definition) is 2. The van der Waals surface area contributed by atoms with E-state index in [0.29, 0.717) is 0 Å². The summed E-state index contributed by atoms with van der Waals surface area (Å²) in [6.45, 7) is 6.42. The molecule has 3 rings (SSSR count). The van der Waals surface area contributed by atoms with Gasteiger partial charge in [-0.1, -0.05) is 62.2 Å². The smallest absolute Gasteiger partial charge is 0.258 e. The van der Waals surface area contributed by atoms with E-state index < -0.39 is 5.66 Å². The summed E-state index contributed by atoms with van der Waals surface area (Å²) in [5.41, 5.74) is 2.36. The van der Waals surface area contributed by atoms with Crippen LogP contribution < -0.4 is 5.32 Å². The third-order valence-corrected chi connectivity index (χ3v) is 5.04. The van der Waals surface area contributed by atoms with E-state index in [9.17, 15) is 4.79 Å². The number of nitrogens with zero attached hydrogens (tertiary/aromatic N) is 1. The van der Waals surface area contributed by atoms with Gasteiger partial charge < -0.3 is 10.2 Å². The number of unbranched alkanes of at least 4 members (excludes halogenated alkanes) is 2. The average molecular weight is 336 g/mol. The molecule has 1 heterocycles. The molecule has 25 heavy (non-hydrogen) atoms. The summed E-state index contributed by atoms with van der Waals surface area (Å²) >= 11 is 0. The standard InChI is InChI=1S/C22H28N2O/c1-4-5-11-16-22(18-12-7-6-8-13-18)23-20-15-10-9-14-19(20)21(25)24(22)17(2)3/h6-10,12-15,17,23H,4-5,11,16H2,1-3H3. The highest BCUT2D eigenvalue weighted by Gasteiger charge is 2.46. The van der Waals surface area contributed by atoms with Crippen LogP contribution in [0.25, 0.3) is 0 Å². The molecule has 0 radical (unpaired) electrons. The third-order valence-electron chi connectivity index (χ3n) is 5.04. The molecule has 132 valence electrons. The highest BCUT2D eigenvalue weighted by molar-refractivity contribution is 6.02. The lowest BCUT2D eigenvalue weighted by molar-refractivity contribution is 0.0349. The molecule has 0 saturated heterocycles. The Morgan fingerprint density at radius 1 is 1.00 bits per heavy atom. The molecule has 1 aliphatic rings. The van der Waals surface area contributed by atoms with Gasteiger partial charge in [0, 0.05) is 11.7 Å². The van der Waals surface area contributed by atoms with Gasteiger partial charge in [-0.3, -0.25) is 4.79 Å². The molecule has 2 aromatic carbocycles. The molecule has 1 unspecified atom stereocenters. The van der Waals surface area contributed by atoms with Crippen LogP contribution in [-0.2, 0) is 5.66 Å². The normalized spacial score (nSPS) is 19.7. The maximum Gasteiger partial charge on any atom is 0.258 e. The van der Waals surface area contributed by atoms with Crippen LogP contribution in [0.4, 0.5) is 5.69 Å². The van der Waals surface area contributed by atoms with Crippen molar-refractivity contribution >= 4 is 11.6 Å². The number of anilines is 1. The summed E-state index contributed by atoms with van der Waals surface area (Å²) in [5, 5.41) is 3.75. The highest BCUT2D eigenvalue weighted by atomic mass is 16.2. The molecule has 0 saturated carbocycles. The van der Waals surface area contributed by atoms with Gasteiger partial charge in [-0.15, -0.1) is 0 Å². The summed E-state index contributed by atoms with van der Waals surface area (Å²) in [6, 6.07) is 18.4. The highest BCUT2D eigenvalue weighted by Crippen LogP contribution is 2.42. The third kappa shape index (κ3) is 3.15. The van der Waals surface area contributed by atoms with E-state index in [0.717, 1.165) is 42.5 Å². The summed E-state index contributed by atoms with van der Waals surface area (Å²) in [7, 11) is 0. The quantitative estimate of drug-likeness (QED) is 0.717. The maximum atomic E-state index is 13.4. The fourth-order valence-electron chi connectivity index (χ4n) is 3.92. The van der Waals surface area contributed by atoms with Crippen molar-refractivity contribution in [2.45, 2.75) is 58.2 Å². The molecule has 3 nitrogen and oxygen atoms in total. The molecule has 1 N–H and O–H groups in total. The Morgan fingerprint density at radius 3 is 2.36 bits per heavy atom. The lowest BCUT2D eigenvalue weighted by atomic mass is 9.86. The van der Waals surface area contributed by atoms with Gasteiger partial charge in [-0.05, 0) is 44.4 Å². The Bertz CT molecular complexity index is 726. The fraction of sp³-hybridized carbons (Fsp3) is 0.409. The average Bonchev–Trinajstić information content (AvgIpc) is 2.62. The van der Waals surface area contributed by atoms with E-state index in [-0.39, 0.29) is 11.9 Å². The fourth-order valence-corrected chi connectivity index (χ4v) is 3.92. The van der Waals surface area contributed by atoms with Crippen molar-refractivity contribution in [1.29, 1.82) is 0 Å². The van der Waals surface area contributed by atoms with Crippen molar-refractivity contribution in [1.82, 2.24) is 4.90 Å². The first-order valence-electron chi connectivity index (χ1n) is 9.36. The van der Waals surface area contributed by atoms with Crippen molar-refractivity contribution in [3.8, 4) is 0 Å². The summed E-state index contributed by atoms with van der Waals surface area (Å²) in [5.74, 6) is 0.115. The lowest BCUT2D eigenvalue weighted by Crippen LogP contribution is -2.60. The number of benzene rings is 2. The minimum absolute atomic E-state index is 0.107. The first kappa shape index (κ1) is 17.5. The van der Waals surface area contributed by atoms with E-state index in [4.69, 9.17) is 0 Å². The second kappa shape index (κ2) is 7.30. The largest absolute Gasteiger partial charge is 0.358 e. The van der Waals surface area contributed by atoms with Crippen LogP contribution in [0.3, 0.4) is 0 Å². The maximum absolute atomic E-state index is 13.4. The van der Waals surface area contributed by atoms with Crippen LogP contribution >= 0.6 is 0 Å². The zero-order chi connectivity index (χ0) is 17.9. The number of carbonyl (C=O) groups is 1. The van der Waals surface area contributed by atoms with Gasteiger partial charge in [0.25, 0.3) is 5.91 Å². The molecule has 1 amide bonds. The van der Waals surface area contributed by atoms with Crippen molar-refractivity contribution in [2.24, 2.45) is 0 Å². The number of para-hydroxylation sites is 1. The monoisotopic (exact) mass is 336 g/mol. The second-order valence-corrected chi connectivity index (χ2v) is 7.12. The first-order chi connectivity index (χ1) is 12.1. The molecule has 2 aromatic rings. The molecule has 0 bridgehead atoms. The molecule has 1 aliphatic heterocycles. The van der Waals surface area contributed by atoms with Gasteiger partial charge in [-0.2, -0.15) is 0 Å². The van der Waals surface area contributed by atoms with E-state index in [1.807, 2.05) is 35.2 Å². The predicted octanol–water partition coefficient (Wildman–Crippen LogP) is 5.40. The van der Waals surface area contributed by atoms with Crippen LogP contribution in [-0.4, -0.2) is 16.8 Å². The molecule has 1 atom stereocenters. The molecular formula is C22H28N2O. The molecule has 0 aromatic heterocycles. The van der Waals surface area contributed by atoms with Gasteiger partial charge >= 0.3 is 0 Å². The van der Waals surface area contributed by atoms with Crippen LogP contribution in [0.2, 0.25) is 0 Å². The Morgan fingerprint density at radius 2 is 1.68 bits per heavy atom. The molecule has 3 heteroatoms. The number of hydrogen-bond donors (Lipinski definition) is 1. The summed E-state index contributed by atoms with van der Waals surface area (Å²) in [6.07, 6.45) is 4.31. The van der Waals surface area contributed by atoms with E-state index in [1.54, 1.807) is 0 Å². The summed E-state index contributed by atoms with van der Waals surface area (Å²) < 4.78 is 0. The van der Waals surface area contributed by atoms with Crippen LogP contribution in [0.5, 0.6) is 0 Å². The van der Waals surface area contributed by atoms with Crippen molar-refractivity contribution in [3.05, 3.63) is 65.7 Å². The number of nitrogens with one attached hydrogen (secondary N) is 1. The van der Waals surface area contributed by atoms with E-state index in [2.05, 4.69) is 50.4 Å². The van der Waals surface area contributed by atoms with Crippen molar-refractivity contribution in [3.63, 3.8) is 0 Å². The minimum atomic E-state index is -0.490. The van der Waals surface area contributed by atoms with Gasteiger partial charge in [0.15, 0.2) is 0 Å². The van der Waals surface area contributed by atoms with Gasteiger partial charge in [-0.25, -0.2) is 0 Å². The number of amides is 1. The number of carbonyl (C=O) groups excluding carboxylic acids is 1. The molecule has 0 spiro atoms. The predicted molar refractivity (Wildman–Crippen MR) is 104 cm³/mol. The topological polar surface area (TPSA) is 32.3 Å². The van der Waals surface area contributed by atoms with E-state index >= 15 is 0 Å². The lowest BCUT2D eigenvalue weighted by Gasteiger charge is -2.51. The number of fused-ring (bicyclic) bond motifs is 1. The van der Waals surface area contributed by atoms with Crippen LogP contribution in [0.15, 0.2) is 54.6 Å². The first-order valence-corrected chi connectivity index (χ1v) is 9.36. The molecule has 0 fully saturated rings. The molecule has 0 aliphatic carbocycles. The Hall–Kier alpha value is -2.29. The minimum Gasteiger partial charge on any atom is -0.358 e. The Balaban J connectivity index is 2.15. The second-order valence-electron chi connectivity index (χ2n) is 7.12. The van der Waals surface area contributed by atoms with E-state index in [1.165, 1.54) is 0 Å². The summed E-state index contributed by atoms with van der Waals surface area (Å²) in [4.78, 5) is 15.4. The zero-order valence-electron chi connectivity index (χ0n) is 15.5. The zero-order valence-corrected chi connectivity index (χ0v) is 15.5. The van der Waals surface area contributed by atoms with Crippen LogP contribution in [0, 0.1) is 0 Å². The van der Waals surface area contributed by atoms with Gasteiger partial charge in [0.2, 0.25) is 0 Å². The SMILES string of the molecule is CCCCCC1(c2ccccc2)Nc2ccccc2C(=O)N1C(C)C. The van der Waals surface area contributed by atoms with Crippen molar-refractivity contribution < 1.29 is 4.79 Å². The molecular weight excluding hydrogens is 308 g/mol. The number of rotatable bonds is 6. The van der Waals surface area contributed by atoms with Gasteiger partial charge in [0.1, 0.15) is 5.66 Å². The Labute approximate surface area is 151 Å². The Kier molecular flexibility index (Phi) is 5.12. The van der Waals surface area contributed by atoms with Crippen LogP contribution in [0.1, 0.15) is 62.4 Å².